The van der Waals surface area contributed by atoms with Gasteiger partial charge in [-0.05, 0) is 38.6 Å². The van der Waals surface area contributed by atoms with Crippen molar-refractivity contribution in [2.24, 2.45) is 0 Å². The molecule has 3 N–H and O–H groups in total. The molecule has 3 fully saturated rings. The summed E-state index contributed by atoms with van der Waals surface area (Å²) in [5.41, 5.74) is 0. The van der Waals surface area contributed by atoms with E-state index in [2.05, 4.69) is 16.7 Å². The number of carbonyl (C=O) groups is 2. The fourth-order valence-corrected chi connectivity index (χ4v) is 3.85. The minimum absolute atomic E-state index is 0.00694. The molecule has 0 aromatic carbocycles. The van der Waals surface area contributed by atoms with Crippen molar-refractivity contribution >= 4 is 11.9 Å². The Hall–Kier alpha value is -1.69. The van der Waals surface area contributed by atoms with Crippen LogP contribution in [0.25, 0.3) is 0 Å². The van der Waals surface area contributed by atoms with E-state index >= 15 is 0 Å². The predicted molar refractivity (Wildman–Crippen MR) is 84.1 cm³/mol. The van der Waals surface area contributed by atoms with Crippen LogP contribution in [0.15, 0.2) is 0 Å². The number of hydrogen-bond acceptors (Lipinski definition) is 6. The van der Waals surface area contributed by atoms with E-state index in [0.717, 1.165) is 25.7 Å². The maximum atomic E-state index is 12.5. The number of amides is 1. The van der Waals surface area contributed by atoms with Crippen molar-refractivity contribution in [3.63, 3.8) is 0 Å². The molecule has 3 aliphatic rings. The molecule has 8 nitrogen and oxygen atoms in total. The molecule has 0 saturated carbocycles. The molecule has 1 amide bonds. The van der Waals surface area contributed by atoms with Gasteiger partial charge in [-0.1, -0.05) is 0 Å². The molecule has 2 unspecified atom stereocenters. The average Bonchev–Trinajstić information content (AvgIpc) is 3.30. The summed E-state index contributed by atoms with van der Waals surface area (Å²) in [5.74, 6) is -0.881. The van der Waals surface area contributed by atoms with Crippen molar-refractivity contribution < 1.29 is 19.4 Å². The molecule has 0 aromatic heterocycles. The number of carbonyl (C=O) groups excluding carboxylic acids is 1. The topological polar surface area (TPSA) is 115 Å². The Morgan fingerprint density at radius 3 is 2.88 bits per heavy atom. The number of nitrogens with one attached hydrogen (secondary N) is 2. The molecule has 3 saturated heterocycles. The van der Waals surface area contributed by atoms with E-state index in [9.17, 15) is 9.59 Å². The third kappa shape index (κ3) is 3.53. The van der Waals surface area contributed by atoms with Gasteiger partial charge in [-0.3, -0.25) is 9.59 Å². The van der Waals surface area contributed by atoms with E-state index in [4.69, 9.17) is 15.1 Å². The van der Waals surface area contributed by atoms with Crippen molar-refractivity contribution in [3.05, 3.63) is 0 Å². The van der Waals surface area contributed by atoms with Crippen molar-refractivity contribution in [3.8, 4) is 6.07 Å². The summed E-state index contributed by atoms with van der Waals surface area (Å²) in [7, 11) is 0. The van der Waals surface area contributed by atoms with Gasteiger partial charge in [0.25, 0.3) is 0 Å². The summed E-state index contributed by atoms with van der Waals surface area (Å²) in [5, 5.41) is 24.4. The van der Waals surface area contributed by atoms with E-state index in [1.165, 1.54) is 0 Å². The summed E-state index contributed by atoms with van der Waals surface area (Å²) in [4.78, 5) is 25.4. The Bertz CT molecular complexity index is 535. The highest BCUT2D eigenvalue weighted by Gasteiger charge is 2.38. The van der Waals surface area contributed by atoms with E-state index in [0.29, 0.717) is 26.1 Å². The summed E-state index contributed by atoms with van der Waals surface area (Å²) < 4.78 is 5.77. The Morgan fingerprint density at radius 2 is 2.12 bits per heavy atom. The molecule has 3 heterocycles. The Kier molecular flexibility index (Phi) is 5.33. The number of ether oxygens (including phenoxy) is 1. The van der Waals surface area contributed by atoms with Crippen molar-refractivity contribution in [1.29, 1.82) is 5.26 Å². The van der Waals surface area contributed by atoms with Gasteiger partial charge in [-0.2, -0.15) is 5.26 Å². The van der Waals surface area contributed by atoms with Crippen LogP contribution in [0.5, 0.6) is 0 Å². The summed E-state index contributed by atoms with van der Waals surface area (Å²) in [6.07, 6.45) is 3.55. The molecule has 5 atom stereocenters. The predicted octanol–water partition coefficient (Wildman–Crippen LogP) is -0.547. The lowest BCUT2D eigenvalue weighted by Crippen LogP contribution is -2.48. The molecule has 0 bridgehead atoms. The van der Waals surface area contributed by atoms with Crippen LogP contribution < -0.4 is 10.6 Å². The van der Waals surface area contributed by atoms with Crippen LogP contribution >= 0.6 is 0 Å². The van der Waals surface area contributed by atoms with E-state index < -0.39 is 12.0 Å². The quantitative estimate of drug-likeness (QED) is 0.617. The zero-order valence-corrected chi connectivity index (χ0v) is 13.6. The van der Waals surface area contributed by atoms with Crippen LogP contribution in [0.3, 0.4) is 0 Å². The summed E-state index contributed by atoms with van der Waals surface area (Å²) in [6.45, 7) is 1.71. The van der Waals surface area contributed by atoms with Gasteiger partial charge in [-0.25, -0.2) is 0 Å². The van der Waals surface area contributed by atoms with E-state index in [1.807, 2.05) is 0 Å². The lowest BCUT2D eigenvalue weighted by Gasteiger charge is -2.24. The minimum atomic E-state index is -0.887. The number of carboxylic acid groups (broad SMARTS) is 1. The monoisotopic (exact) mass is 336 g/mol. The zero-order chi connectivity index (χ0) is 17.1. The van der Waals surface area contributed by atoms with Gasteiger partial charge >= 0.3 is 5.97 Å². The van der Waals surface area contributed by atoms with Gasteiger partial charge in [0.2, 0.25) is 5.91 Å². The molecule has 8 heteroatoms. The smallest absolute Gasteiger partial charge is 0.323 e. The van der Waals surface area contributed by atoms with Gasteiger partial charge in [0.15, 0.2) is 0 Å². The highest BCUT2D eigenvalue weighted by Crippen LogP contribution is 2.22. The minimum Gasteiger partial charge on any atom is -0.480 e. The van der Waals surface area contributed by atoms with Crippen LogP contribution in [-0.2, 0) is 14.3 Å². The number of nitriles is 1. The van der Waals surface area contributed by atoms with Crippen molar-refractivity contribution in [1.82, 2.24) is 15.5 Å². The molecular formula is C16H24N4O4. The normalized spacial score (nSPS) is 36.0. The maximum Gasteiger partial charge on any atom is 0.323 e. The average molecular weight is 336 g/mol. The Morgan fingerprint density at radius 1 is 1.29 bits per heavy atom. The molecule has 3 aliphatic heterocycles. The lowest BCUT2D eigenvalue weighted by atomic mass is 10.1. The first-order valence-corrected chi connectivity index (χ1v) is 8.64. The highest BCUT2D eigenvalue weighted by molar-refractivity contribution is 5.83. The number of nitrogens with zero attached hydrogens (tertiary/aromatic N) is 2. The van der Waals surface area contributed by atoms with Crippen molar-refractivity contribution in [2.45, 2.75) is 62.4 Å². The summed E-state index contributed by atoms with van der Waals surface area (Å²) >= 11 is 0. The SMILES string of the molecule is N#C[C@@H]1CCCN1C(=O)[C@@H]1CC[C@H](COC2CCNC2C(=O)O)N1. The van der Waals surface area contributed by atoms with Crippen LogP contribution in [0.1, 0.15) is 32.1 Å². The molecule has 0 radical (unpaired) electrons. The third-order valence-corrected chi connectivity index (χ3v) is 5.17. The molecular weight excluding hydrogens is 312 g/mol. The second-order valence-corrected chi connectivity index (χ2v) is 6.74. The number of rotatable bonds is 5. The highest BCUT2D eigenvalue weighted by atomic mass is 16.5. The fraction of sp³-hybridized carbons (Fsp3) is 0.812. The Balaban J connectivity index is 1.46. The largest absolute Gasteiger partial charge is 0.480 e. The first-order chi connectivity index (χ1) is 11.6. The molecule has 24 heavy (non-hydrogen) atoms. The molecule has 132 valence electrons. The molecule has 0 spiro atoms. The second kappa shape index (κ2) is 7.47. The standard InChI is InChI=1S/C16H24N4O4/c17-8-11-2-1-7-20(11)15(21)12-4-3-10(19-12)9-24-13-5-6-18-14(13)16(22)23/h10-14,18-19H,1-7,9H2,(H,22,23)/t10-,11+,12+,13?,14?/m1/s1. The number of hydrogen-bond donors (Lipinski definition) is 3. The number of aliphatic carboxylic acids is 1. The van der Waals surface area contributed by atoms with Crippen LogP contribution in [0.4, 0.5) is 0 Å². The zero-order valence-electron chi connectivity index (χ0n) is 13.6. The first-order valence-electron chi connectivity index (χ1n) is 8.64. The fourth-order valence-electron chi connectivity index (χ4n) is 3.85. The van der Waals surface area contributed by atoms with Crippen LogP contribution in [0.2, 0.25) is 0 Å². The van der Waals surface area contributed by atoms with Gasteiger partial charge in [0.05, 0.1) is 24.8 Å². The van der Waals surface area contributed by atoms with Gasteiger partial charge in [0, 0.05) is 12.6 Å². The molecule has 3 rings (SSSR count). The third-order valence-electron chi connectivity index (χ3n) is 5.17. The first kappa shape index (κ1) is 17.1. The van der Waals surface area contributed by atoms with Crippen LogP contribution in [-0.4, -0.2) is 71.9 Å². The van der Waals surface area contributed by atoms with Crippen molar-refractivity contribution in [2.75, 3.05) is 19.7 Å². The van der Waals surface area contributed by atoms with Gasteiger partial charge in [0.1, 0.15) is 12.1 Å². The molecule has 0 aromatic rings. The number of carboxylic acids is 1. The summed E-state index contributed by atoms with van der Waals surface area (Å²) in [6, 6.07) is 1.05. The number of likely N-dealkylation sites (tertiary alicyclic amines) is 1. The van der Waals surface area contributed by atoms with E-state index in [1.54, 1.807) is 4.90 Å². The lowest BCUT2D eigenvalue weighted by molar-refractivity contribution is -0.142. The van der Waals surface area contributed by atoms with E-state index in [-0.39, 0.29) is 30.1 Å². The maximum absolute atomic E-state index is 12.5. The molecule has 0 aliphatic carbocycles. The van der Waals surface area contributed by atoms with Gasteiger partial charge in [-0.15, -0.1) is 0 Å². The second-order valence-electron chi connectivity index (χ2n) is 6.74. The van der Waals surface area contributed by atoms with Crippen LogP contribution in [0, 0.1) is 11.3 Å². The Labute approximate surface area is 141 Å². The van der Waals surface area contributed by atoms with Gasteiger partial charge < -0.3 is 25.4 Å².